The third kappa shape index (κ3) is 2.98. The van der Waals surface area contributed by atoms with Gasteiger partial charge in [0.1, 0.15) is 6.33 Å². The summed E-state index contributed by atoms with van der Waals surface area (Å²) in [4.78, 5) is 4.44. The van der Waals surface area contributed by atoms with Gasteiger partial charge in [0, 0.05) is 18.3 Å². The van der Waals surface area contributed by atoms with Crippen molar-refractivity contribution in [2.24, 2.45) is 0 Å². The second-order valence-electron chi connectivity index (χ2n) is 5.46. The number of rotatable bonds is 5. The molecular weight excluding hydrogens is 258 g/mol. The van der Waals surface area contributed by atoms with E-state index in [1.165, 1.54) is 5.56 Å². The molecule has 0 fully saturated rings. The Hall–Kier alpha value is -2.13. The fourth-order valence-corrected chi connectivity index (χ4v) is 2.38. The third-order valence-electron chi connectivity index (χ3n) is 3.94. The van der Waals surface area contributed by atoms with Gasteiger partial charge in [0.2, 0.25) is 0 Å². The van der Waals surface area contributed by atoms with Crippen LogP contribution in [0, 0.1) is 0 Å². The van der Waals surface area contributed by atoms with Gasteiger partial charge in [-0.1, -0.05) is 31.2 Å². The van der Waals surface area contributed by atoms with Gasteiger partial charge in [-0.2, -0.15) is 0 Å². The first-order chi connectivity index (χ1) is 10.3. The first kappa shape index (κ1) is 13.8. The second kappa shape index (κ2) is 6.10. The lowest BCUT2D eigenvalue weighted by molar-refractivity contribution is 0.534. The van der Waals surface area contributed by atoms with Gasteiger partial charge in [-0.05, 0) is 43.2 Å². The molecule has 0 saturated heterocycles. The van der Waals surface area contributed by atoms with Crippen LogP contribution in [-0.4, -0.2) is 15.6 Å². The van der Waals surface area contributed by atoms with Gasteiger partial charge in [-0.3, -0.25) is 4.57 Å². The average Bonchev–Trinajstić information content (AvgIpc) is 2.97. The van der Waals surface area contributed by atoms with Crippen LogP contribution in [-0.2, 0) is 6.54 Å². The summed E-state index contributed by atoms with van der Waals surface area (Å²) in [6.45, 7) is 5.33. The Morgan fingerprint density at radius 2 is 1.86 bits per heavy atom. The molecule has 21 heavy (non-hydrogen) atoms. The normalized spacial score (nSPS) is 12.7. The van der Waals surface area contributed by atoms with Crippen molar-refractivity contribution in [3.63, 3.8) is 0 Å². The number of para-hydroxylation sites is 2. The summed E-state index contributed by atoms with van der Waals surface area (Å²) < 4.78 is 2.13. The van der Waals surface area contributed by atoms with E-state index in [9.17, 15) is 0 Å². The summed E-state index contributed by atoms with van der Waals surface area (Å²) in [7, 11) is 0. The van der Waals surface area contributed by atoms with Crippen molar-refractivity contribution in [2.75, 3.05) is 0 Å². The van der Waals surface area contributed by atoms with Crippen molar-refractivity contribution in [3.05, 3.63) is 60.4 Å². The van der Waals surface area contributed by atoms with Crippen LogP contribution >= 0.6 is 0 Å². The maximum Gasteiger partial charge on any atom is 0.100 e. The van der Waals surface area contributed by atoms with Gasteiger partial charge in [-0.15, -0.1) is 0 Å². The minimum Gasteiger partial charge on any atom is -0.310 e. The zero-order chi connectivity index (χ0) is 14.7. The maximum absolute atomic E-state index is 4.44. The highest BCUT2D eigenvalue weighted by Crippen LogP contribution is 2.18. The van der Waals surface area contributed by atoms with Crippen molar-refractivity contribution in [1.29, 1.82) is 0 Å². The summed E-state index contributed by atoms with van der Waals surface area (Å²) in [5.74, 6) is 0. The van der Waals surface area contributed by atoms with Gasteiger partial charge in [-0.25, -0.2) is 4.98 Å². The highest BCUT2D eigenvalue weighted by atomic mass is 15.0. The van der Waals surface area contributed by atoms with Gasteiger partial charge in [0.15, 0.2) is 0 Å². The SMILES string of the molecule is CCC(C)NCc1ccc(-n2cnc3ccccc32)cc1. The van der Waals surface area contributed by atoms with Gasteiger partial charge >= 0.3 is 0 Å². The van der Waals surface area contributed by atoms with E-state index in [-0.39, 0.29) is 0 Å². The lowest BCUT2D eigenvalue weighted by atomic mass is 10.2. The lowest BCUT2D eigenvalue weighted by Crippen LogP contribution is -2.24. The zero-order valence-corrected chi connectivity index (χ0v) is 12.6. The standard InChI is InChI=1S/C18H21N3/c1-3-14(2)19-12-15-8-10-16(11-9-15)21-13-20-17-6-4-5-7-18(17)21/h4-11,13-14,19H,3,12H2,1-2H3. The van der Waals surface area contributed by atoms with Crippen LogP contribution in [0.1, 0.15) is 25.8 Å². The molecule has 1 unspecified atom stereocenters. The largest absolute Gasteiger partial charge is 0.310 e. The van der Waals surface area contributed by atoms with Crippen molar-refractivity contribution in [2.45, 2.75) is 32.9 Å². The smallest absolute Gasteiger partial charge is 0.100 e. The number of benzene rings is 2. The molecule has 0 amide bonds. The molecule has 3 nitrogen and oxygen atoms in total. The molecule has 0 bridgehead atoms. The average molecular weight is 279 g/mol. The summed E-state index contributed by atoms with van der Waals surface area (Å²) >= 11 is 0. The van der Waals surface area contributed by atoms with Crippen LogP contribution < -0.4 is 5.32 Å². The Bertz CT molecular complexity index is 713. The Kier molecular flexibility index (Phi) is 4.02. The van der Waals surface area contributed by atoms with E-state index in [1.54, 1.807) is 0 Å². The Balaban J connectivity index is 1.81. The molecule has 1 heterocycles. The third-order valence-corrected chi connectivity index (χ3v) is 3.94. The second-order valence-corrected chi connectivity index (χ2v) is 5.46. The Morgan fingerprint density at radius 3 is 2.62 bits per heavy atom. The van der Waals surface area contributed by atoms with Crippen molar-refractivity contribution in [3.8, 4) is 5.69 Å². The van der Waals surface area contributed by atoms with E-state index in [2.05, 4.69) is 59.0 Å². The summed E-state index contributed by atoms with van der Waals surface area (Å²) in [6.07, 6.45) is 3.04. The predicted octanol–water partition coefficient (Wildman–Crippen LogP) is 3.91. The number of imidazole rings is 1. The first-order valence-corrected chi connectivity index (χ1v) is 7.52. The Morgan fingerprint density at radius 1 is 1.10 bits per heavy atom. The first-order valence-electron chi connectivity index (χ1n) is 7.52. The molecule has 0 spiro atoms. The fourth-order valence-electron chi connectivity index (χ4n) is 2.38. The number of fused-ring (bicyclic) bond motifs is 1. The highest BCUT2D eigenvalue weighted by molar-refractivity contribution is 5.77. The van der Waals surface area contributed by atoms with Crippen LogP contribution in [0.2, 0.25) is 0 Å². The number of aromatic nitrogens is 2. The number of hydrogen-bond donors (Lipinski definition) is 1. The van der Waals surface area contributed by atoms with E-state index in [1.807, 2.05) is 24.5 Å². The van der Waals surface area contributed by atoms with Crippen LogP contribution in [0.4, 0.5) is 0 Å². The number of hydrogen-bond acceptors (Lipinski definition) is 2. The molecule has 108 valence electrons. The summed E-state index contributed by atoms with van der Waals surface area (Å²) in [5, 5.41) is 3.51. The quantitative estimate of drug-likeness (QED) is 0.767. The summed E-state index contributed by atoms with van der Waals surface area (Å²) in [6, 6.07) is 17.4. The van der Waals surface area contributed by atoms with E-state index in [0.29, 0.717) is 6.04 Å². The molecule has 0 aliphatic carbocycles. The van der Waals surface area contributed by atoms with Gasteiger partial charge in [0.25, 0.3) is 0 Å². The number of nitrogens with one attached hydrogen (secondary N) is 1. The zero-order valence-electron chi connectivity index (χ0n) is 12.6. The molecular formula is C18H21N3. The molecule has 1 atom stereocenters. The molecule has 0 saturated carbocycles. The fraction of sp³-hybridized carbons (Fsp3) is 0.278. The Labute approximate surface area is 125 Å². The minimum atomic E-state index is 0.558. The molecule has 1 N–H and O–H groups in total. The molecule has 0 aliphatic heterocycles. The maximum atomic E-state index is 4.44. The van der Waals surface area contributed by atoms with E-state index >= 15 is 0 Å². The predicted molar refractivity (Wildman–Crippen MR) is 87.7 cm³/mol. The van der Waals surface area contributed by atoms with Crippen molar-refractivity contribution in [1.82, 2.24) is 14.9 Å². The van der Waals surface area contributed by atoms with Gasteiger partial charge in [0.05, 0.1) is 11.0 Å². The molecule has 3 aromatic rings. The topological polar surface area (TPSA) is 29.9 Å². The van der Waals surface area contributed by atoms with Gasteiger partial charge < -0.3 is 5.32 Å². The van der Waals surface area contributed by atoms with Crippen molar-refractivity contribution < 1.29 is 0 Å². The molecule has 0 aliphatic rings. The molecule has 1 aromatic heterocycles. The molecule has 2 aromatic carbocycles. The van der Waals surface area contributed by atoms with Crippen LogP contribution in [0.3, 0.4) is 0 Å². The minimum absolute atomic E-state index is 0.558. The van der Waals surface area contributed by atoms with E-state index in [4.69, 9.17) is 0 Å². The van der Waals surface area contributed by atoms with Crippen molar-refractivity contribution >= 4 is 11.0 Å². The van der Waals surface area contributed by atoms with E-state index in [0.717, 1.165) is 29.7 Å². The van der Waals surface area contributed by atoms with E-state index < -0.39 is 0 Å². The molecule has 3 rings (SSSR count). The lowest BCUT2D eigenvalue weighted by Gasteiger charge is -2.11. The highest BCUT2D eigenvalue weighted by Gasteiger charge is 2.04. The molecule has 0 radical (unpaired) electrons. The van der Waals surface area contributed by atoms with Crippen LogP contribution in [0.5, 0.6) is 0 Å². The molecule has 3 heteroatoms. The van der Waals surface area contributed by atoms with Crippen LogP contribution in [0.25, 0.3) is 16.7 Å². The summed E-state index contributed by atoms with van der Waals surface area (Å²) in [5.41, 5.74) is 4.63. The number of nitrogens with zero attached hydrogens (tertiary/aromatic N) is 2. The van der Waals surface area contributed by atoms with Crippen LogP contribution in [0.15, 0.2) is 54.9 Å². The monoisotopic (exact) mass is 279 g/mol.